The summed E-state index contributed by atoms with van der Waals surface area (Å²) in [5.41, 5.74) is 0.989. The van der Waals surface area contributed by atoms with E-state index in [1.807, 2.05) is 6.92 Å². The molecular formula is C8H10N2O3. The molecule has 1 rings (SSSR count). The van der Waals surface area contributed by atoms with Gasteiger partial charge in [-0.05, 0) is 18.1 Å². The molecule has 0 amide bonds. The fourth-order valence-electron chi connectivity index (χ4n) is 1.07. The third-order valence-electron chi connectivity index (χ3n) is 1.74. The maximum absolute atomic E-state index is 10.3. The van der Waals surface area contributed by atoms with Crippen LogP contribution in [0, 0.1) is 10.1 Å². The zero-order chi connectivity index (χ0) is 9.84. The lowest BCUT2D eigenvalue weighted by molar-refractivity contribution is -0.459. The van der Waals surface area contributed by atoms with Crippen molar-refractivity contribution < 1.29 is 10.0 Å². The smallest absolute Gasteiger partial charge is 0.433 e. The fourth-order valence-corrected chi connectivity index (χ4v) is 1.07. The van der Waals surface area contributed by atoms with E-state index >= 15 is 0 Å². The third-order valence-corrected chi connectivity index (χ3v) is 1.74. The van der Waals surface area contributed by atoms with E-state index in [9.17, 15) is 10.1 Å². The number of dihydropyridines is 1. The maximum Gasteiger partial charge on any atom is 0.433 e. The van der Waals surface area contributed by atoms with Gasteiger partial charge in [-0.25, -0.2) is 0 Å². The highest BCUT2D eigenvalue weighted by Crippen LogP contribution is 2.20. The summed E-state index contributed by atoms with van der Waals surface area (Å²) < 4.78 is 0. The van der Waals surface area contributed by atoms with E-state index in [1.54, 1.807) is 6.20 Å². The Labute approximate surface area is 75.2 Å². The Morgan fingerprint density at radius 1 is 1.77 bits per heavy atom. The summed E-state index contributed by atoms with van der Waals surface area (Å²) in [6.07, 6.45) is 5.28. The van der Waals surface area contributed by atoms with Crippen LogP contribution >= 0.6 is 0 Å². The summed E-state index contributed by atoms with van der Waals surface area (Å²) in [6.45, 7) is 1.86. The second-order valence-corrected chi connectivity index (χ2v) is 2.52. The number of nitro groups is 1. The van der Waals surface area contributed by atoms with Gasteiger partial charge in [-0.2, -0.15) is 0 Å². The molecule has 0 fully saturated rings. The summed E-state index contributed by atoms with van der Waals surface area (Å²) in [4.78, 5) is 9.48. The standard InChI is InChI=1S/C8H10N2O3/c1-2-6-5-9-4-3-7(6)8(11)10(12)13/h3-5,9,11H,2H2,1H3. The second kappa shape index (κ2) is 3.75. The number of allylic oxidation sites excluding steroid dienone is 3. The molecule has 0 saturated carbocycles. The van der Waals surface area contributed by atoms with Crippen molar-refractivity contribution in [3.63, 3.8) is 0 Å². The van der Waals surface area contributed by atoms with Gasteiger partial charge in [0.05, 0.1) is 5.57 Å². The van der Waals surface area contributed by atoms with Crippen LogP contribution in [-0.4, -0.2) is 10.0 Å². The summed E-state index contributed by atoms with van der Waals surface area (Å²) in [5, 5.41) is 22.2. The highest BCUT2D eigenvalue weighted by molar-refractivity contribution is 5.42. The van der Waals surface area contributed by atoms with Gasteiger partial charge >= 0.3 is 5.88 Å². The van der Waals surface area contributed by atoms with E-state index in [4.69, 9.17) is 5.11 Å². The van der Waals surface area contributed by atoms with Gasteiger partial charge in [-0.3, -0.25) is 10.1 Å². The lowest BCUT2D eigenvalue weighted by atomic mass is 10.0. The fraction of sp³-hybridized carbons (Fsp3) is 0.250. The van der Waals surface area contributed by atoms with Crippen LogP contribution in [0.3, 0.4) is 0 Å². The predicted molar refractivity (Wildman–Crippen MR) is 47.3 cm³/mol. The molecule has 1 aliphatic rings. The molecule has 5 heteroatoms. The number of rotatable bonds is 2. The molecule has 70 valence electrons. The van der Waals surface area contributed by atoms with Crippen molar-refractivity contribution in [2.45, 2.75) is 13.3 Å². The topological polar surface area (TPSA) is 75.4 Å². The zero-order valence-electron chi connectivity index (χ0n) is 7.15. The van der Waals surface area contributed by atoms with E-state index in [0.29, 0.717) is 6.42 Å². The van der Waals surface area contributed by atoms with E-state index in [0.717, 1.165) is 5.57 Å². The normalized spacial score (nSPS) is 19.0. The number of hydrogen-bond donors (Lipinski definition) is 2. The van der Waals surface area contributed by atoms with Gasteiger partial charge in [-0.1, -0.05) is 6.92 Å². The van der Waals surface area contributed by atoms with Crippen molar-refractivity contribution >= 4 is 0 Å². The Morgan fingerprint density at radius 3 is 3.00 bits per heavy atom. The summed E-state index contributed by atoms with van der Waals surface area (Å²) in [6, 6.07) is 0. The molecule has 0 unspecified atom stereocenters. The molecule has 2 N–H and O–H groups in total. The number of nitrogens with zero attached hydrogens (tertiary/aromatic N) is 1. The minimum atomic E-state index is -0.800. The molecule has 5 nitrogen and oxygen atoms in total. The quantitative estimate of drug-likeness (QED) is 0.385. The zero-order valence-corrected chi connectivity index (χ0v) is 7.15. The van der Waals surface area contributed by atoms with Crippen molar-refractivity contribution in [1.82, 2.24) is 5.32 Å². The van der Waals surface area contributed by atoms with Crippen LogP contribution in [0.2, 0.25) is 0 Å². The molecule has 0 saturated heterocycles. The largest absolute Gasteiger partial charge is 0.456 e. The first-order valence-electron chi connectivity index (χ1n) is 3.86. The molecule has 0 spiro atoms. The molecule has 1 heterocycles. The second-order valence-electron chi connectivity index (χ2n) is 2.52. The highest BCUT2D eigenvalue weighted by atomic mass is 16.7. The SMILES string of the molecule is CCC1=CNC=CC1=C(O)[N+](=O)[O-]. The maximum atomic E-state index is 10.3. The molecule has 1 aliphatic heterocycles. The first kappa shape index (κ1) is 9.31. The summed E-state index contributed by atoms with van der Waals surface area (Å²) in [5.74, 6) is -0.800. The first-order valence-corrected chi connectivity index (χ1v) is 3.86. The van der Waals surface area contributed by atoms with E-state index in [-0.39, 0.29) is 5.57 Å². The number of hydrogen-bond acceptors (Lipinski definition) is 4. The average Bonchev–Trinajstić information content (AvgIpc) is 2.16. The Balaban J connectivity index is 3.07. The third kappa shape index (κ3) is 1.87. The molecule has 0 aromatic carbocycles. The number of aliphatic hydroxyl groups excluding tert-OH is 1. The van der Waals surface area contributed by atoms with Crippen molar-refractivity contribution in [3.05, 3.63) is 45.6 Å². The van der Waals surface area contributed by atoms with Gasteiger partial charge in [0.2, 0.25) is 0 Å². The van der Waals surface area contributed by atoms with Gasteiger partial charge in [0.1, 0.15) is 4.92 Å². The van der Waals surface area contributed by atoms with Crippen molar-refractivity contribution in [2.75, 3.05) is 0 Å². The molecule has 0 radical (unpaired) electrons. The summed E-state index contributed by atoms with van der Waals surface area (Å²) in [7, 11) is 0. The van der Waals surface area contributed by atoms with Crippen LogP contribution in [0.1, 0.15) is 13.3 Å². The predicted octanol–water partition coefficient (Wildman–Crippen LogP) is 1.44. The van der Waals surface area contributed by atoms with Gasteiger partial charge in [0, 0.05) is 12.4 Å². The molecule has 0 aliphatic carbocycles. The number of nitrogens with one attached hydrogen (secondary N) is 1. The van der Waals surface area contributed by atoms with Crippen molar-refractivity contribution in [2.24, 2.45) is 0 Å². The number of aliphatic hydroxyl groups is 1. The molecular weight excluding hydrogens is 172 g/mol. The Bertz CT molecular complexity index is 315. The minimum Gasteiger partial charge on any atom is -0.456 e. The van der Waals surface area contributed by atoms with Crippen LogP contribution in [0.5, 0.6) is 0 Å². The van der Waals surface area contributed by atoms with E-state index in [1.165, 1.54) is 12.3 Å². The van der Waals surface area contributed by atoms with Crippen LogP contribution in [0.25, 0.3) is 0 Å². The Kier molecular flexibility index (Phi) is 2.69. The van der Waals surface area contributed by atoms with E-state index < -0.39 is 10.8 Å². The van der Waals surface area contributed by atoms with Gasteiger partial charge in [-0.15, -0.1) is 0 Å². The Morgan fingerprint density at radius 2 is 2.46 bits per heavy atom. The van der Waals surface area contributed by atoms with E-state index in [2.05, 4.69) is 5.32 Å². The summed E-state index contributed by atoms with van der Waals surface area (Å²) >= 11 is 0. The van der Waals surface area contributed by atoms with Crippen LogP contribution < -0.4 is 5.32 Å². The Hall–Kier alpha value is -1.78. The van der Waals surface area contributed by atoms with Crippen LogP contribution in [0.15, 0.2) is 35.5 Å². The lowest BCUT2D eigenvalue weighted by Crippen LogP contribution is -2.09. The molecule has 0 bridgehead atoms. The first-order chi connectivity index (χ1) is 6.16. The molecule has 0 aromatic rings. The van der Waals surface area contributed by atoms with Crippen molar-refractivity contribution in [1.29, 1.82) is 0 Å². The van der Waals surface area contributed by atoms with Gasteiger partial charge in [0.15, 0.2) is 0 Å². The molecule has 13 heavy (non-hydrogen) atoms. The monoisotopic (exact) mass is 182 g/mol. The minimum absolute atomic E-state index is 0.270. The molecule has 0 atom stereocenters. The lowest BCUT2D eigenvalue weighted by Gasteiger charge is -2.08. The van der Waals surface area contributed by atoms with Crippen LogP contribution in [0.4, 0.5) is 0 Å². The van der Waals surface area contributed by atoms with Gasteiger partial charge < -0.3 is 10.4 Å². The average molecular weight is 182 g/mol. The molecule has 0 aromatic heterocycles. The van der Waals surface area contributed by atoms with Gasteiger partial charge in [0.25, 0.3) is 0 Å². The van der Waals surface area contributed by atoms with Crippen LogP contribution in [-0.2, 0) is 0 Å². The highest BCUT2D eigenvalue weighted by Gasteiger charge is 2.18. The van der Waals surface area contributed by atoms with Crippen molar-refractivity contribution in [3.8, 4) is 0 Å².